The summed E-state index contributed by atoms with van der Waals surface area (Å²) in [4.78, 5) is 49.4. The van der Waals surface area contributed by atoms with Crippen molar-refractivity contribution in [3.63, 3.8) is 0 Å². The third-order valence-corrected chi connectivity index (χ3v) is 4.23. The largest absolute Gasteiger partial charge is 0.481 e. The summed E-state index contributed by atoms with van der Waals surface area (Å²) in [6.45, 7) is 0. The van der Waals surface area contributed by atoms with E-state index in [-0.39, 0.29) is 5.70 Å². The number of benzene rings is 2. The van der Waals surface area contributed by atoms with E-state index in [1.54, 1.807) is 42.5 Å². The number of nitrogens with zero attached hydrogens (tertiary/aromatic N) is 1. The van der Waals surface area contributed by atoms with E-state index >= 15 is 0 Å². The molecule has 162 valence electrons. The maximum atomic E-state index is 12.7. The topological polar surface area (TPSA) is 136 Å². The highest BCUT2D eigenvalue weighted by molar-refractivity contribution is 6.06. The van der Waals surface area contributed by atoms with E-state index in [2.05, 4.69) is 10.6 Å². The number of hydrogen-bond acceptors (Lipinski definition) is 5. The third kappa shape index (κ3) is 7.00. The normalized spacial score (nSPS) is 11.9. The minimum Gasteiger partial charge on any atom is -0.481 e. The number of nitrogens with one attached hydrogen (secondary N) is 2. The van der Waals surface area contributed by atoms with Crippen LogP contribution in [-0.2, 0) is 14.4 Å². The number of carbonyl (C=O) groups excluding carboxylic acids is 2. The van der Waals surface area contributed by atoms with Crippen molar-refractivity contribution in [2.45, 2.75) is 12.5 Å². The smallest absolute Gasteiger partial charge is 0.326 e. The van der Waals surface area contributed by atoms with Crippen LogP contribution in [0.1, 0.15) is 22.3 Å². The van der Waals surface area contributed by atoms with Gasteiger partial charge >= 0.3 is 11.9 Å². The lowest BCUT2D eigenvalue weighted by Gasteiger charge is -2.16. The zero-order chi connectivity index (χ0) is 23.0. The van der Waals surface area contributed by atoms with Gasteiger partial charge in [-0.3, -0.25) is 14.4 Å². The van der Waals surface area contributed by atoms with E-state index in [0.717, 1.165) is 5.69 Å². The minimum absolute atomic E-state index is 0.219. The zero-order valence-corrected chi connectivity index (χ0v) is 17.0. The van der Waals surface area contributed by atoms with Gasteiger partial charge in [-0.2, -0.15) is 0 Å². The summed E-state index contributed by atoms with van der Waals surface area (Å²) in [5.41, 5.74) is 1.57. The molecule has 0 aliphatic carbocycles. The average molecular weight is 425 g/mol. The Bertz CT molecular complexity index is 984. The van der Waals surface area contributed by atoms with Gasteiger partial charge in [0, 0.05) is 25.3 Å². The standard InChI is InChI=1S/C22H23N3O6/c1-25(2)16-10-8-14(9-11-16)12-17(23-20(28)15-6-4-3-5-7-15)21(29)24-18(22(30)31)13-19(26)27/h3-12,18H,13H2,1-2H3,(H,23,28)(H,24,29)(H,26,27)(H,30,31)/b17-12-. The predicted octanol–water partition coefficient (Wildman–Crippen LogP) is 1.57. The molecule has 0 aromatic heterocycles. The highest BCUT2D eigenvalue weighted by Crippen LogP contribution is 2.15. The van der Waals surface area contributed by atoms with Crippen LogP contribution in [-0.4, -0.2) is 54.1 Å². The first kappa shape index (κ1) is 23.1. The molecule has 2 amide bonds. The molecule has 0 saturated heterocycles. The number of carboxylic acids is 2. The summed E-state index contributed by atoms with van der Waals surface area (Å²) in [5.74, 6) is -4.38. The Labute approximate surface area is 179 Å². The van der Waals surface area contributed by atoms with Crippen LogP contribution in [0, 0.1) is 0 Å². The number of aliphatic carboxylic acids is 2. The Morgan fingerprint density at radius 1 is 0.968 bits per heavy atom. The molecule has 2 rings (SSSR count). The van der Waals surface area contributed by atoms with Gasteiger partial charge in [0.2, 0.25) is 0 Å². The van der Waals surface area contributed by atoms with Crippen LogP contribution in [0.25, 0.3) is 6.08 Å². The summed E-state index contributed by atoms with van der Waals surface area (Å²) in [5, 5.41) is 22.7. The van der Waals surface area contributed by atoms with Gasteiger partial charge in [0.05, 0.1) is 6.42 Å². The van der Waals surface area contributed by atoms with E-state index in [1.165, 1.54) is 6.08 Å². The second-order valence-corrected chi connectivity index (χ2v) is 6.83. The summed E-state index contributed by atoms with van der Waals surface area (Å²) in [7, 11) is 3.75. The number of carboxylic acid groups (broad SMARTS) is 2. The van der Waals surface area contributed by atoms with Gasteiger partial charge < -0.3 is 25.7 Å². The Balaban J connectivity index is 2.33. The molecule has 0 heterocycles. The van der Waals surface area contributed by atoms with E-state index in [0.29, 0.717) is 11.1 Å². The first-order valence-corrected chi connectivity index (χ1v) is 9.28. The van der Waals surface area contributed by atoms with Gasteiger partial charge in [0.25, 0.3) is 11.8 Å². The van der Waals surface area contributed by atoms with Crippen LogP contribution in [0.3, 0.4) is 0 Å². The van der Waals surface area contributed by atoms with Crippen molar-refractivity contribution in [3.05, 3.63) is 71.4 Å². The van der Waals surface area contributed by atoms with Gasteiger partial charge in [-0.15, -0.1) is 0 Å². The highest BCUT2D eigenvalue weighted by Gasteiger charge is 2.25. The van der Waals surface area contributed by atoms with Crippen LogP contribution < -0.4 is 15.5 Å². The zero-order valence-electron chi connectivity index (χ0n) is 17.0. The average Bonchev–Trinajstić information content (AvgIpc) is 2.73. The fourth-order valence-corrected chi connectivity index (χ4v) is 2.59. The first-order valence-electron chi connectivity index (χ1n) is 9.28. The molecule has 0 aliphatic heterocycles. The number of anilines is 1. The maximum Gasteiger partial charge on any atom is 0.326 e. The quantitative estimate of drug-likeness (QED) is 0.448. The van der Waals surface area contributed by atoms with Crippen molar-refractivity contribution in [3.8, 4) is 0 Å². The second kappa shape index (κ2) is 10.6. The molecule has 0 fully saturated rings. The highest BCUT2D eigenvalue weighted by atomic mass is 16.4. The van der Waals surface area contributed by atoms with Crippen LogP contribution in [0.2, 0.25) is 0 Å². The Morgan fingerprint density at radius 3 is 2.10 bits per heavy atom. The van der Waals surface area contributed by atoms with Crippen molar-refractivity contribution < 1.29 is 29.4 Å². The van der Waals surface area contributed by atoms with Crippen molar-refractivity contribution in [1.82, 2.24) is 10.6 Å². The van der Waals surface area contributed by atoms with Crippen molar-refractivity contribution >= 4 is 35.5 Å². The van der Waals surface area contributed by atoms with Crippen LogP contribution >= 0.6 is 0 Å². The summed E-state index contributed by atoms with van der Waals surface area (Å²) in [6, 6.07) is 13.6. The van der Waals surface area contributed by atoms with Crippen molar-refractivity contribution in [1.29, 1.82) is 0 Å². The number of rotatable bonds is 9. The molecule has 4 N–H and O–H groups in total. The fourth-order valence-electron chi connectivity index (χ4n) is 2.59. The van der Waals surface area contributed by atoms with Crippen LogP contribution in [0.5, 0.6) is 0 Å². The van der Waals surface area contributed by atoms with E-state index in [1.807, 2.05) is 31.1 Å². The summed E-state index contributed by atoms with van der Waals surface area (Å²) in [6.07, 6.45) is 0.577. The van der Waals surface area contributed by atoms with Gasteiger partial charge in [0.15, 0.2) is 0 Å². The molecule has 31 heavy (non-hydrogen) atoms. The Kier molecular flexibility index (Phi) is 7.90. The molecule has 9 nitrogen and oxygen atoms in total. The molecule has 0 radical (unpaired) electrons. The fraction of sp³-hybridized carbons (Fsp3) is 0.182. The Morgan fingerprint density at radius 2 is 1.58 bits per heavy atom. The van der Waals surface area contributed by atoms with Gasteiger partial charge in [-0.1, -0.05) is 30.3 Å². The lowest BCUT2D eigenvalue weighted by molar-refractivity contribution is -0.146. The molecule has 0 bridgehead atoms. The molecule has 2 aromatic carbocycles. The molecule has 1 unspecified atom stereocenters. The molecule has 2 aromatic rings. The summed E-state index contributed by atoms with van der Waals surface area (Å²) >= 11 is 0. The molecular formula is C22H23N3O6. The van der Waals surface area contributed by atoms with Gasteiger partial charge in [0.1, 0.15) is 11.7 Å². The summed E-state index contributed by atoms with van der Waals surface area (Å²) < 4.78 is 0. The van der Waals surface area contributed by atoms with E-state index in [9.17, 15) is 24.3 Å². The SMILES string of the molecule is CN(C)c1ccc(/C=C(\NC(=O)c2ccccc2)C(=O)NC(CC(=O)O)C(=O)O)cc1. The third-order valence-electron chi connectivity index (χ3n) is 4.23. The first-order chi connectivity index (χ1) is 14.7. The molecule has 0 saturated carbocycles. The lowest BCUT2D eigenvalue weighted by Crippen LogP contribution is -2.45. The number of hydrogen-bond donors (Lipinski definition) is 4. The van der Waals surface area contributed by atoms with Crippen molar-refractivity contribution in [2.75, 3.05) is 19.0 Å². The van der Waals surface area contributed by atoms with Crippen LogP contribution in [0.4, 0.5) is 5.69 Å². The molecule has 9 heteroatoms. The van der Waals surface area contributed by atoms with E-state index in [4.69, 9.17) is 5.11 Å². The molecule has 0 aliphatic rings. The number of carbonyl (C=O) groups is 4. The predicted molar refractivity (Wildman–Crippen MR) is 114 cm³/mol. The molecular weight excluding hydrogens is 402 g/mol. The second-order valence-electron chi connectivity index (χ2n) is 6.83. The number of amides is 2. The monoisotopic (exact) mass is 425 g/mol. The van der Waals surface area contributed by atoms with Gasteiger partial charge in [-0.05, 0) is 35.9 Å². The maximum absolute atomic E-state index is 12.7. The van der Waals surface area contributed by atoms with Crippen molar-refractivity contribution in [2.24, 2.45) is 0 Å². The minimum atomic E-state index is -1.65. The molecule has 1 atom stereocenters. The Hall–Kier alpha value is -4.14. The molecule has 0 spiro atoms. The lowest BCUT2D eigenvalue weighted by atomic mass is 10.1. The van der Waals surface area contributed by atoms with E-state index < -0.39 is 36.2 Å². The van der Waals surface area contributed by atoms with Gasteiger partial charge in [-0.25, -0.2) is 4.79 Å². The van der Waals surface area contributed by atoms with Crippen LogP contribution in [0.15, 0.2) is 60.3 Å².